The Morgan fingerprint density at radius 1 is 0.339 bits per heavy atom. The Bertz CT molecular complexity index is 1180. The predicted octanol–water partition coefficient (Wildman–Crippen LogP) is 9.48. The van der Waals surface area contributed by atoms with Crippen molar-refractivity contribution in [3.63, 3.8) is 0 Å². The molecule has 0 aliphatic carbocycles. The Hall–Kier alpha value is -1.32. The fourth-order valence-corrected chi connectivity index (χ4v) is 5.50. The second-order valence-corrected chi connectivity index (χ2v) is 14.0. The van der Waals surface area contributed by atoms with Crippen LogP contribution in [0.25, 0.3) is 0 Å². The summed E-state index contributed by atoms with van der Waals surface area (Å²) in [6.07, 6.45) is -23.3. The van der Waals surface area contributed by atoms with Crippen LogP contribution in [0.3, 0.4) is 0 Å². The van der Waals surface area contributed by atoms with Crippen molar-refractivity contribution in [1.29, 1.82) is 0 Å². The number of aliphatic hydroxyl groups excluding tert-OH is 2. The van der Waals surface area contributed by atoms with E-state index in [1.165, 1.54) is 0 Å². The zero-order chi connectivity index (χ0) is 47.2. The molecule has 0 aliphatic heterocycles. The lowest BCUT2D eigenvalue weighted by Crippen LogP contribution is -2.70. The van der Waals surface area contributed by atoms with E-state index in [1.54, 1.807) is 0 Å². The topological polar surface area (TPSA) is 68.2 Å². The fourth-order valence-electron chi connectivity index (χ4n) is 3.63. The molecule has 356 valence electrons. The Kier molecular flexibility index (Phi) is 19.6. The summed E-state index contributed by atoms with van der Waals surface area (Å²) in [5.74, 6) is -79.2. The standard InChI is InChI=1S/C26H28F26O5S2/c27-15(28,17(31,32)19(35,36)21(39,40)23(43,44)25(47,48)49)1-7-58-11-13(53)9-56-5-3-55-4-6-57-10-14(54)12-59-8-2-16(29,30)18(33,34)20(37,38)22(41,42)24(45,46)26(50,51)52/h13-14,53-54H,1-12H2. The van der Waals surface area contributed by atoms with Crippen LogP contribution in [0.5, 0.6) is 0 Å². The third-order valence-corrected chi connectivity index (χ3v) is 9.33. The van der Waals surface area contributed by atoms with E-state index in [0.29, 0.717) is 0 Å². The van der Waals surface area contributed by atoms with Crippen LogP contribution in [-0.2, 0) is 14.2 Å². The van der Waals surface area contributed by atoms with Crippen LogP contribution in [0, 0.1) is 0 Å². The van der Waals surface area contributed by atoms with E-state index < -0.39 is 133 Å². The highest BCUT2D eigenvalue weighted by atomic mass is 32.2. The van der Waals surface area contributed by atoms with Gasteiger partial charge in [0.15, 0.2) is 0 Å². The molecule has 0 heterocycles. The van der Waals surface area contributed by atoms with Crippen molar-refractivity contribution in [2.45, 2.75) is 96.6 Å². The summed E-state index contributed by atoms with van der Waals surface area (Å²) >= 11 is 0.159. The van der Waals surface area contributed by atoms with Gasteiger partial charge in [0, 0.05) is 24.3 Å². The minimum absolute atomic E-state index is 0.0795. The molecule has 0 saturated carbocycles. The van der Waals surface area contributed by atoms with Gasteiger partial charge in [-0.3, -0.25) is 0 Å². The first kappa shape index (κ1) is 57.7. The molecule has 0 radical (unpaired) electrons. The van der Waals surface area contributed by atoms with Crippen LogP contribution in [0.1, 0.15) is 12.8 Å². The number of hydrogen-bond acceptors (Lipinski definition) is 7. The van der Waals surface area contributed by atoms with E-state index in [0.717, 1.165) is 0 Å². The van der Waals surface area contributed by atoms with Gasteiger partial charge in [0.05, 0.1) is 51.8 Å². The van der Waals surface area contributed by atoms with Crippen molar-refractivity contribution < 1.29 is 139 Å². The predicted molar refractivity (Wildman–Crippen MR) is 150 cm³/mol. The zero-order valence-corrected chi connectivity index (χ0v) is 30.0. The van der Waals surface area contributed by atoms with Gasteiger partial charge in [-0.2, -0.15) is 138 Å². The van der Waals surface area contributed by atoms with E-state index in [9.17, 15) is 124 Å². The maximum atomic E-state index is 13.8. The first-order chi connectivity index (χ1) is 26.0. The molecule has 0 rings (SSSR count). The first-order valence-corrected chi connectivity index (χ1v) is 17.5. The van der Waals surface area contributed by atoms with Crippen molar-refractivity contribution in [2.75, 3.05) is 62.7 Å². The molecular weight excluding hydrogens is 950 g/mol. The molecule has 0 aromatic heterocycles. The van der Waals surface area contributed by atoms with Crippen molar-refractivity contribution in [1.82, 2.24) is 0 Å². The Morgan fingerprint density at radius 2 is 0.576 bits per heavy atom. The van der Waals surface area contributed by atoms with Gasteiger partial charge in [-0.05, 0) is 11.5 Å². The summed E-state index contributed by atoms with van der Waals surface area (Å²) in [5.41, 5.74) is 0. The monoisotopic (exact) mass is 978 g/mol. The fraction of sp³-hybridized carbons (Fsp3) is 1.00. The molecule has 0 aliphatic rings. The first-order valence-electron chi connectivity index (χ1n) is 15.2. The summed E-state index contributed by atoms with van der Waals surface area (Å²) in [7, 11) is 0. The Balaban J connectivity index is 4.51. The molecule has 33 heteroatoms. The zero-order valence-electron chi connectivity index (χ0n) is 28.4. The Labute approximate surface area is 321 Å². The minimum atomic E-state index is -8.03. The van der Waals surface area contributed by atoms with E-state index in [4.69, 9.17) is 14.2 Å². The molecule has 0 fully saturated rings. The lowest BCUT2D eigenvalue weighted by molar-refractivity contribution is -0.439. The van der Waals surface area contributed by atoms with Gasteiger partial charge in [0.25, 0.3) is 0 Å². The number of aliphatic hydroxyl groups is 2. The summed E-state index contributed by atoms with van der Waals surface area (Å²) in [6, 6.07) is 0. The van der Waals surface area contributed by atoms with Gasteiger partial charge in [-0.1, -0.05) is 0 Å². The van der Waals surface area contributed by atoms with Gasteiger partial charge in [-0.25, -0.2) is 0 Å². The molecule has 0 saturated heterocycles. The van der Waals surface area contributed by atoms with Crippen molar-refractivity contribution >= 4 is 23.5 Å². The smallest absolute Gasteiger partial charge is 0.390 e. The highest BCUT2D eigenvalue weighted by Gasteiger charge is 2.92. The number of alkyl halides is 26. The normalized spacial score (nSPS) is 16.5. The highest BCUT2D eigenvalue weighted by Crippen LogP contribution is 2.62. The van der Waals surface area contributed by atoms with E-state index in [2.05, 4.69) is 0 Å². The van der Waals surface area contributed by atoms with Crippen molar-refractivity contribution in [3.05, 3.63) is 0 Å². The summed E-state index contributed by atoms with van der Waals surface area (Å²) < 4.78 is 356. The largest absolute Gasteiger partial charge is 0.460 e. The molecule has 0 aromatic rings. The van der Waals surface area contributed by atoms with Crippen LogP contribution < -0.4 is 0 Å². The third kappa shape index (κ3) is 12.4. The Morgan fingerprint density at radius 3 is 0.831 bits per heavy atom. The number of hydrogen-bond donors (Lipinski definition) is 2. The molecule has 2 atom stereocenters. The van der Waals surface area contributed by atoms with E-state index in [1.807, 2.05) is 0 Å². The second-order valence-electron chi connectivity index (χ2n) is 11.7. The average Bonchev–Trinajstić information content (AvgIpc) is 3.06. The van der Waals surface area contributed by atoms with Crippen LogP contribution in [-0.4, -0.2) is 157 Å². The van der Waals surface area contributed by atoms with Crippen molar-refractivity contribution in [3.8, 4) is 0 Å². The van der Waals surface area contributed by atoms with E-state index in [-0.39, 0.29) is 50.0 Å². The van der Waals surface area contributed by atoms with Crippen LogP contribution in [0.15, 0.2) is 0 Å². The van der Waals surface area contributed by atoms with Crippen molar-refractivity contribution in [2.24, 2.45) is 0 Å². The summed E-state index contributed by atoms with van der Waals surface area (Å²) in [4.78, 5) is 0. The van der Waals surface area contributed by atoms with Crippen LogP contribution >= 0.6 is 23.5 Å². The number of thioether (sulfide) groups is 2. The van der Waals surface area contributed by atoms with Crippen LogP contribution in [0.4, 0.5) is 114 Å². The molecule has 0 aromatic carbocycles. The highest BCUT2D eigenvalue weighted by molar-refractivity contribution is 7.99. The molecule has 0 amide bonds. The van der Waals surface area contributed by atoms with Crippen LogP contribution in [0.2, 0.25) is 0 Å². The van der Waals surface area contributed by atoms with Gasteiger partial charge in [-0.15, -0.1) is 0 Å². The quantitative estimate of drug-likeness (QED) is 0.0599. The number of rotatable bonds is 28. The minimum Gasteiger partial charge on any atom is -0.390 e. The van der Waals surface area contributed by atoms with Gasteiger partial charge in [0.1, 0.15) is 0 Å². The molecule has 0 spiro atoms. The lowest BCUT2D eigenvalue weighted by Gasteiger charge is -2.39. The van der Waals surface area contributed by atoms with Gasteiger partial charge >= 0.3 is 71.6 Å². The number of halogens is 26. The third-order valence-electron chi connectivity index (χ3n) is 7.10. The van der Waals surface area contributed by atoms with Gasteiger partial charge < -0.3 is 24.4 Å². The average molecular weight is 979 g/mol. The maximum Gasteiger partial charge on any atom is 0.460 e. The van der Waals surface area contributed by atoms with E-state index >= 15 is 0 Å². The molecule has 2 N–H and O–H groups in total. The molecule has 59 heavy (non-hydrogen) atoms. The molecule has 2 unspecified atom stereocenters. The SMILES string of the molecule is OC(COCCOCCOCC(O)CSCCC(F)(F)C(F)(F)C(F)(F)C(F)(F)C(F)(F)C(F)(F)F)CSCCC(F)(F)C(F)(F)C(F)(F)C(F)(F)C(F)(F)C(F)(F)F. The number of ether oxygens (including phenoxy) is 3. The lowest BCUT2D eigenvalue weighted by atomic mass is 9.93. The summed E-state index contributed by atoms with van der Waals surface area (Å²) in [6.45, 7) is -2.68. The summed E-state index contributed by atoms with van der Waals surface area (Å²) in [5, 5.41) is 19.3. The molecule has 5 nitrogen and oxygen atoms in total. The molecular formula is C26H28F26O5S2. The maximum absolute atomic E-state index is 13.8. The second kappa shape index (κ2) is 20.0. The van der Waals surface area contributed by atoms with Gasteiger partial charge in [0.2, 0.25) is 0 Å². The molecule has 0 bridgehead atoms.